The molecule has 0 saturated carbocycles. The van der Waals surface area contributed by atoms with Crippen LogP contribution in [0.1, 0.15) is 6.92 Å². The zero-order valence-corrected chi connectivity index (χ0v) is 8.95. The van der Waals surface area contributed by atoms with Crippen molar-refractivity contribution in [3.05, 3.63) is 53.0 Å². The molecule has 2 rings (SSSR count). The third-order valence-corrected chi connectivity index (χ3v) is 2.15. The van der Waals surface area contributed by atoms with E-state index in [1.54, 1.807) is 0 Å². The minimum absolute atomic E-state index is 0.232. The van der Waals surface area contributed by atoms with Gasteiger partial charge in [-0.15, -0.1) is 0 Å². The van der Waals surface area contributed by atoms with E-state index in [2.05, 4.69) is 10.4 Å². The largest absolute Gasteiger partial charge is 0.368 e. The number of benzene rings is 1. The summed E-state index contributed by atoms with van der Waals surface area (Å²) in [5, 5.41) is 7.62. The van der Waals surface area contributed by atoms with Gasteiger partial charge < -0.3 is 0 Å². The number of tetrazole rings is 1. The highest BCUT2D eigenvalue weighted by Crippen LogP contribution is 2.00. The molecule has 0 aliphatic rings. The second-order valence-corrected chi connectivity index (χ2v) is 3.26. The van der Waals surface area contributed by atoms with Gasteiger partial charge in [-0.05, 0) is 29.5 Å². The molecule has 1 aromatic heterocycles. The van der Waals surface area contributed by atoms with Gasteiger partial charge in [0.15, 0.2) is 0 Å². The van der Waals surface area contributed by atoms with Crippen LogP contribution >= 0.6 is 0 Å². The molecule has 2 aromatic rings. The van der Waals surface area contributed by atoms with Crippen LogP contribution in [-0.2, 0) is 6.54 Å². The monoisotopic (exact) mass is 216 g/mol. The highest BCUT2D eigenvalue weighted by Gasteiger charge is 2.06. The zero-order valence-electron chi connectivity index (χ0n) is 8.95. The van der Waals surface area contributed by atoms with Crippen LogP contribution in [0.5, 0.6) is 0 Å². The summed E-state index contributed by atoms with van der Waals surface area (Å²) >= 11 is 0. The molecule has 0 bridgehead atoms. The van der Waals surface area contributed by atoms with Crippen molar-refractivity contribution in [2.45, 2.75) is 13.5 Å². The van der Waals surface area contributed by atoms with Gasteiger partial charge in [0.1, 0.15) is 0 Å². The number of aromatic nitrogens is 4. The average molecular weight is 216 g/mol. The van der Waals surface area contributed by atoms with Crippen molar-refractivity contribution in [3.8, 4) is 5.69 Å². The fraction of sp³-hybridized carbons (Fsp3) is 0.182. The van der Waals surface area contributed by atoms with Crippen LogP contribution in [0.4, 0.5) is 0 Å². The van der Waals surface area contributed by atoms with Crippen molar-refractivity contribution >= 4 is 0 Å². The van der Waals surface area contributed by atoms with Crippen LogP contribution in [0.15, 0.2) is 47.3 Å². The second kappa shape index (κ2) is 4.57. The normalized spacial score (nSPS) is 11.1. The number of nitrogens with zero attached hydrogens (tertiary/aromatic N) is 4. The summed E-state index contributed by atoms with van der Waals surface area (Å²) in [6.07, 6.45) is 3.72. The highest BCUT2D eigenvalue weighted by atomic mass is 16.2. The standard InChI is InChI=1S/C11H12N4O/c1-2-3-9-14-11(16)15(13-12-14)10-7-5-4-6-8-10/h2-8H,9H2,1H3/b3-2+. The molecular formula is C11H12N4O. The molecule has 5 nitrogen and oxygen atoms in total. The van der Waals surface area contributed by atoms with Gasteiger partial charge in [0.2, 0.25) is 0 Å². The van der Waals surface area contributed by atoms with Crippen LogP contribution in [0.3, 0.4) is 0 Å². The Morgan fingerprint density at radius 3 is 2.69 bits per heavy atom. The van der Waals surface area contributed by atoms with E-state index in [-0.39, 0.29) is 5.69 Å². The lowest BCUT2D eigenvalue weighted by Gasteiger charge is -1.95. The predicted octanol–water partition coefficient (Wildman–Crippen LogP) is 1.01. The van der Waals surface area contributed by atoms with E-state index in [9.17, 15) is 4.79 Å². The molecule has 0 N–H and O–H groups in total. The van der Waals surface area contributed by atoms with E-state index < -0.39 is 0 Å². The summed E-state index contributed by atoms with van der Waals surface area (Å²) in [5.74, 6) is 0. The van der Waals surface area contributed by atoms with E-state index in [1.807, 2.05) is 49.4 Å². The minimum Gasteiger partial charge on any atom is -0.244 e. The van der Waals surface area contributed by atoms with Gasteiger partial charge in [0.25, 0.3) is 0 Å². The molecule has 0 radical (unpaired) electrons. The summed E-state index contributed by atoms with van der Waals surface area (Å²) in [4.78, 5) is 11.8. The SMILES string of the molecule is C/C=C/Cn1nnn(-c2ccccc2)c1=O. The maximum absolute atomic E-state index is 11.8. The molecule has 0 saturated heterocycles. The van der Waals surface area contributed by atoms with Crippen LogP contribution < -0.4 is 5.69 Å². The van der Waals surface area contributed by atoms with Crippen molar-refractivity contribution in [1.82, 2.24) is 19.8 Å². The number of para-hydroxylation sites is 1. The lowest BCUT2D eigenvalue weighted by Crippen LogP contribution is -2.23. The van der Waals surface area contributed by atoms with E-state index in [4.69, 9.17) is 0 Å². The van der Waals surface area contributed by atoms with Crippen molar-refractivity contribution < 1.29 is 0 Å². The number of allylic oxidation sites excluding steroid dienone is 2. The van der Waals surface area contributed by atoms with Crippen molar-refractivity contribution in [3.63, 3.8) is 0 Å². The molecule has 0 atom stereocenters. The van der Waals surface area contributed by atoms with E-state index in [0.29, 0.717) is 6.54 Å². The molecular weight excluding hydrogens is 204 g/mol. The average Bonchev–Trinajstić information content (AvgIpc) is 2.69. The molecule has 0 fully saturated rings. The molecule has 1 heterocycles. The van der Waals surface area contributed by atoms with Gasteiger partial charge in [-0.1, -0.05) is 30.4 Å². The third kappa shape index (κ3) is 1.93. The Labute approximate surface area is 92.6 Å². The van der Waals surface area contributed by atoms with E-state index >= 15 is 0 Å². The lowest BCUT2D eigenvalue weighted by molar-refractivity contribution is 0.643. The molecule has 0 unspecified atom stereocenters. The Bertz CT molecular complexity index is 539. The predicted molar refractivity (Wildman–Crippen MR) is 60.4 cm³/mol. The number of hydrogen-bond donors (Lipinski definition) is 0. The van der Waals surface area contributed by atoms with Gasteiger partial charge in [-0.3, -0.25) is 0 Å². The Hall–Kier alpha value is -2.17. The Kier molecular flexibility index (Phi) is 2.95. The van der Waals surface area contributed by atoms with Gasteiger partial charge in [-0.25, -0.2) is 4.79 Å². The summed E-state index contributed by atoms with van der Waals surface area (Å²) < 4.78 is 2.59. The second-order valence-electron chi connectivity index (χ2n) is 3.26. The third-order valence-electron chi connectivity index (χ3n) is 2.15. The molecule has 16 heavy (non-hydrogen) atoms. The van der Waals surface area contributed by atoms with Gasteiger partial charge in [-0.2, -0.15) is 9.36 Å². The van der Waals surface area contributed by atoms with Crippen LogP contribution in [0.25, 0.3) is 5.69 Å². The topological polar surface area (TPSA) is 52.7 Å². The zero-order chi connectivity index (χ0) is 11.4. The first-order valence-corrected chi connectivity index (χ1v) is 5.02. The molecule has 1 aromatic carbocycles. The smallest absolute Gasteiger partial charge is 0.244 e. The summed E-state index contributed by atoms with van der Waals surface area (Å²) in [7, 11) is 0. The molecule has 0 spiro atoms. The highest BCUT2D eigenvalue weighted by molar-refractivity contribution is 5.28. The Morgan fingerprint density at radius 1 is 1.25 bits per heavy atom. The maximum atomic E-state index is 11.8. The molecule has 82 valence electrons. The summed E-state index contributed by atoms with van der Waals surface area (Å²) in [6, 6.07) is 9.23. The summed E-state index contributed by atoms with van der Waals surface area (Å²) in [6.45, 7) is 2.34. The van der Waals surface area contributed by atoms with E-state index in [1.165, 1.54) is 9.36 Å². The Balaban J connectivity index is 2.38. The number of rotatable bonds is 3. The van der Waals surface area contributed by atoms with Crippen LogP contribution in [0, 0.1) is 0 Å². The van der Waals surface area contributed by atoms with E-state index in [0.717, 1.165) is 5.69 Å². The van der Waals surface area contributed by atoms with Gasteiger partial charge >= 0.3 is 5.69 Å². The van der Waals surface area contributed by atoms with Crippen molar-refractivity contribution in [1.29, 1.82) is 0 Å². The molecule has 0 amide bonds. The fourth-order valence-electron chi connectivity index (χ4n) is 1.33. The summed E-state index contributed by atoms with van der Waals surface area (Å²) in [5.41, 5.74) is 0.489. The van der Waals surface area contributed by atoms with Crippen LogP contribution in [0.2, 0.25) is 0 Å². The quantitative estimate of drug-likeness (QED) is 0.719. The number of hydrogen-bond acceptors (Lipinski definition) is 3. The Morgan fingerprint density at radius 2 is 2.00 bits per heavy atom. The molecule has 5 heteroatoms. The van der Waals surface area contributed by atoms with Gasteiger partial charge in [0, 0.05) is 0 Å². The first-order valence-electron chi connectivity index (χ1n) is 5.02. The first kappa shape index (κ1) is 10.4. The fourth-order valence-corrected chi connectivity index (χ4v) is 1.33. The van der Waals surface area contributed by atoms with Gasteiger partial charge in [0.05, 0.1) is 12.2 Å². The first-order chi connectivity index (χ1) is 7.83. The van der Waals surface area contributed by atoms with Crippen LogP contribution in [-0.4, -0.2) is 19.8 Å². The maximum Gasteiger partial charge on any atom is 0.368 e. The van der Waals surface area contributed by atoms with Crippen molar-refractivity contribution in [2.24, 2.45) is 0 Å². The van der Waals surface area contributed by atoms with Crippen molar-refractivity contribution in [2.75, 3.05) is 0 Å². The molecule has 0 aliphatic carbocycles. The lowest BCUT2D eigenvalue weighted by atomic mass is 10.3. The molecule has 0 aliphatic heterocycles. The minimum atomic E-state index is -0.232.